The average Bonchev–Trinajstić information content (AvgIpc) is 3.28. The van der Waals surface area contributed by atoms with Gasteiger partial charge in [-0.3, -0.25) is 14.5 Å². The summed E-state index contributed by atoms with van der Waals surface area (Å²) in [5.41, 5.74) is 2.11. The third-order valence-electron chi connectivity index (χ3n) is 6.16. The average molecular weight is 466 g/mol. The van der Waals surface area contributed by atoms with Gasteiger partial charge in [-0.15, -0.1) is 0 Å². The number of pyridine rings is 1. The third kappa shape index (κ3) is 5.31. The highest BCUT2D eigenvalue weighted by Crippen LogP contribution is 2.24. The van der Waals surface area contributed by atoms with Gasteiger partial charge in [0.2, 0.25) is 0 Å². The van der Waals surface area contributed by atoms with Crippen molar-refractivity contribution in [2.24, 2.45) is 0 Å². The summed E-state index contributed by atoms with van der Waals surface area (Å²) in [5, 5.41) is 2.99. The number of para-hydroxylation sites is 1. The van der Waals surface area contributed by atoms with Gasteiger partial charge in [0.05, 0.1) is 20.5 Å². The topological polar surface area (TPSA) is 90.6 Å². The first kappa shape index (κ1) is 23.6. The van der Waals surface area contributed by atoms with Gasteiger partial charge in [-0.25, -0.2) is 4.98 Å². The number of fused-ring (bicyclic) bond motifs is 1. The molecule has 1 aromatic carbocycles. The van der Waals surface area contributed by atoms with Gasteiger partial charge >= 0.3 is 0 Å². The molecule has 0 radical (unpaired) electrons. The van der Waals surface area contributed by atoms with Crippen LogP contribution >= 0.6 is 0 Å². The predicted octanol–water partition coefficient (Wildman–Crippen LogP) is 1.94. The maximum Gasteiger partial charge on any atom is 0.256 e. The van der Waals surface area contributed by atoms with Gasteiger partial charge in [-0.1, -0.05) is 18.2 Å². The number of aromatic nitrogens is 3. The second-order valence-electron chi connectivity index (χ2n) is 8.27. The maximum absolute atomic E-state index is 13.2. The van der Waals surface area contributed by atoms with Crippen LogP contribution in [0.25, 0.3) is 0 Å². The van der Waals surface area contributed by atoms with Crippen LogP contribution in [-0.2, 0) is 26.1 Å². The number of methoxy groups -OCH3 is 2. The van der Waals surface area contributed by atoms with E-state index in [1.807, 2.05) is 29.0 Å². The molecule has 1 aliphatic heterocycles. The number of imidazole rings is 1. The van der Waals surface area contributed by atoms with Crippen molar-refractivity contribution < 1.29 is 14.3 Å². The van der Waals surface area contributed by atoms with Crippen LogP contribution in [0.1, 0.15) is 28.0 Å². The first-order valence-corrected chi connectivity index (χ1v) is 11.5. The van der Waals surface area contributed by atoms with E-state index in [1.54, 1.807) is 24.2 Å². The second-order valence-corrected chi connectivity index (χ2v) is 8.27. The lowest BCUT2D eigenvalue weighted by Crippen LogP contribution is -2.32. The number of nitrogens with zero attached hydrogens (tertiary/aromatic N) is 4. The molecule has 0 spiro atoms. The molecule has 34 heavy (non-hydrogen) atoms. The minimum absolute atomic E-state index is 0.150. The Morgan fingerprint density at radius 1 is 1.12 bits per heavy atom. The van der Waals surface area contributed by atoms with Crippen molar-refractivity contribution >= 4 is 5.91 Å². The first-order chi connectivity index (χ1) is 16.6. The van der Waals surface area contributed by atoms with Gasteiger partial charge in [-0.2, -0.15) is 0 Å². The molecule has 0 fully saturated rings. The fourth-order valence-electron chi connectivity index (χ4n) is 4.40. The molecule has 3 heterocycles. The van der Waals surface area contributed by atoms with Crippen molar-refractivity contribution in [2.45, 2.75) is 32.5 Å². The molecule has 3 aromatic rings. The van der Waals surface area contributed by atoms with E-state index in [1.165, 1.54) is 13.2 Å². The van der Waals surface area contributed by atoms with E-state index in [4.69, 9.17) is 9.47 Å². The van der Waals surface area contributed by atoms with Crippen LogP contribution in [0.3, 0.4) is 0 Å². The van der Waals surface area contributed by atoms with E-state index in [-0.39, 0.29) is 11.5 Å². The van der Waals surface area contributed by atoms with Crippen LogP contribution in [0.15, 0.2) is 53.8 Å². The minimum Gasteiger partial charge on any atom is -0.496 e. The van der Waals surface area contributed by atoms with Gasteiger partial charge < -0.3 is 23.9 Å². The third-order valence-corrected chi connectivity index (χ3v) is 6.16. The molecule has 0 saturated carbocycles. The summed E-state index contributed by atoms with van der Waals surface area (Å²) in [6.45, 7) is 3.91. The van der Waals surface area contributed by atoms with E-state index in [0.29, 0.717) is 50.5 Å². The molecule has 2 aromatic heterocycles. The minimum atomic E-state index is -0.218. The number of benzene rings is 1. The fourth-order valence-corrected chi connectivity index (χ4v) is 4.40. The quantitative estimate of drug-likeness (QED) is 0.486. The van der Waals surface area contributed by atoms with Crippen molar-refractivity contribution in [3.63, 3.8) is 0 Å². The van der Waals surface area contributed by atoms with Crippen LogP contribution in [0.5, 0.6) is 11.5 Å². The molecule has 0 unspecified atom stereocenters. The largest absolute Gasteiger partial charge is 0.496 e. The van der Waals surface area contributed by atoms with Gasteiger partial charge in [0, 0.05) is 75.4 Å². The molecule has 9 heteroatoms. The lowest BCUT2D eigenvalue weighted by molar-refractivity contribution is 0.0947. The number of carbonyl (C=O) groups excluding carboxylic acids is 1. The first-order valence-electron chi connectivity index (χ1n) is 11.5. The van der Waals surface area contributed by atoms with Crippen molar-refractivity contribution in [1.29, 1.82) is 0 Å². The monoisotopic (exact) mass is 465 g/mol. The Hall–Kier alpha value is -3.59. The highest BCUT2D eigenvalue weighted by molar-refractivity contribution is 5.98. The van der Waals surface area contributed by atoms with Crippen LogP contribution in [0, 0.1) is 0 Å². The lowest BCUT2D eigenvalue weighted by atomic mass is 10.1. The molecule has 0 atom stereocenters. The molecule has 1 amide bonds. The zero-order chi connectivity index (χ0) is 23.9. The Balaban J connectivity index is 1.49. The molecule has 0 bridgehead atoms. The van der Waals surface area contributed by atoms with Crippen LogP contribution in [0.2, 0.25) is 0 Å². The zero-order valence-corrected chi connectivity index (χ0v) is 19.7. The number of carbonyl (C=O) groups is 1. The molecule has 1 aliphatic rings. The Labute approximate surface area is 198 Å². The molecule has 4 rings (SSSR count). The molecule has 1 N–H and O–H groups in total. The lowest BCUT2D eigenvalue weighted by Gasteiger charge is -2.20. The van der Waals surface area contributed by atoms with Crippen molar-refractivity contribution in [1.82, 2.24) is 24.3 Å². The summed E-state index contributed by atoms with van der Waals surface area (Å²) in [6.07, 6.45) is 6.72. The zero-order valence-electron chi connectivity index (χ0n) is 19.7. The Morgan fingerprint density at radius 2 is 1.94 bits per heavy atom. The summed E-state index contributed by atoms with van der Waals surface area (Å²) >= 11 is 0. The molecule has 9 nitrogen and oxygen atoms in total. The van der Waals surface area contributed by atoms with Crippen LogP contribution in [0.4, 0.5) is 0 Å². The molecule has 0 saturated heterocycles. The number of hydrogen-bond donors (Lipinski definition) is 1. The number of nitrogens with one attached hydrogen (secondary N) is 1. The molecule has 180 valence electrons. The van der Waals surface area contributed by atoms with Gasteiger partial charge in [0.1, 0.15) is 17.1 Å². The Morgan fingerprint density at radius 3 is 2.71 bits per heavy atom. The van der Waals surface area contributed by atoms with Crippen molar-refractivity contribution in [3.8, 4) is 11.5 Å². The SMILES string of the molecule is COc1ccccc1CN1CCc2c(C(=O)NCCCn3ccnc3)c(OC)cc(=O)n2CC1. The number of amides is 1. The standard InChI is InChI=1S/C25H31N5O4/c1-33-21-7-4-3-6-19(21)17-28-12-8-20-24(22(34-2)16-23(31)30(20)15-14-28)25(32)27-9-5-11-29-13-10-26-18-29/h3-4,6-7,10,13,16,18H,5,8-9,11-12,14-15,17H2,1-2H3,(H,27,32). The second kappa shape index (κ2) is 11.0. The predicted molar refractivity (Wildman–Crippen MR) is 128 cm³/mol. The van der Waals surface area contributed by atoms with Crippen molar-refractivity contribution in [3.05, 3.63) is 76.2 Å². The number of ether oxygens (including phenoxy) is 2. The number of aryl methyl sites for hydroxylation is 1. The molecule has 0 aliphatic carbocycles. The highest BCUT2D eigenvalue weighted by atomic mass is 16.5. The Bertz CT molecular complexity index is 1170. The van der Waals surface area contributed by atoms with E-state index < -0.39 is 0 Å². The normalized spacial score (nSPS) is 13.7. The van der Waals surface area contributed by atoms with Gasteiger partial charge in [0.15, 0.2) is 0 Å². The highest BCUT2D eigenvalue weighted by Gasteiger charge is 2.25. The molecular formula is C25H31N5O4. The van der Waals surface area contributed by atoms with Crippen molar-refractivity contribution in [2.75, 3.05) is 33.9 Å². The summed E-state index contributed by atoms with van der Waals surface area (Å²) in [5.74, 6) is 0.949. The summed E-state index contributed by atoms with van der Waals surface area (Å²) in [4.78, 5) is 32.3. The summed E-state index contributed by atoms with van der Waals surface area (Å²) in [7, 11) is 3.16. The number of hydrogen-bond acceptors (Lipinski definition) is 6. The van der Waals surface area contributed by atoms with E-state index >= 15 is 0 Å². The smallest absolute Gasteiger partial charge is 0.256 e. The van der Waals surface area contributed by atoms with Gasteiger partial charge in [0.25, 0.3) is 11.5 Å². The van der Waals surface area contributed by atoms with E-state index in [9.17, 15) is 9.59 Å². The van der Waals surface area contributed by atoms with Crippen LogP contribution in [-0.4, -0.2) is 58.8 Å². The maximum atomic E-state index is 13.2. The van der Waals surface area contributed by atoms with Crippen LogP contribution < -0.4 is 20.3 Å². The summed E-state index contributed by atoms with van der Waals surface area (Å²) < 4.78 is 14.6. The van der Waals surface area contributed by atoms with Gasteiger partial charge in [-0.05, 0) is 12.5 Å². The summed E-state index contributed by atoms with van der Waals surface area (Å²) in [6, 6.07) is 9.36. The fraction of sp³-hybridized carbons (Fsp3) is 0.400. The van der Waals surface area contributed by atoms with E-state index in [2.05, 4.69) is 21.3 Å². The van der Waals surface area contributed by atoms with E-state index in [0.717, 1.165) is 30.0 Å². The molecular weight excluding hydrogens is 434 g/mol. The number of rotatable bonds is 9. The Kier molecular flexibility index (Phi) is 7.64.